The van der Waals surface area contributed by atoms with Crippen LogP contribution in [0.3, 0.4) is 0 Å². The van der Waals surface area contributed by atoms with Gasteiger partial charge in [0.1, 0.15) is 12.2 Å². The first-order valence-electron chi connectivity index (χ1n) is 9.33. The summed E-state index contributed by atoms with van der Waals surface area (Å²) in [7, 11) is -3.92. The number of ether oxygens (including phenoxy) is 4. The topological polar surface area (TPSA) is 80.3 Å². The molecule has 7 nitrogen and oxygen atoms in total. The van der Waals surface area contributed by atoms with Crippen molar-refractivity contribution in [3.63, 3.8) is 0 Å². The Bertz CT molecular complexity index is 787. The Morgan fingerprint density at radius 2 is 1.82 bits per heavy atom. The van der Waals surface area contributed by atoms with Crippen molar-refractivity contribution in [2.75, 3.05) is 13.2 Å². The van der Waals surface area contributed by atoms with Crippen LogP contribution in [0.1, 0.15) is 26.3 Å². The third-order valence-electron chi connectivity index (χ3n) is 4.86. The average Bonchev–Trinajstić information content (AvgIpc) is 2.96. The van der Waals surface area contributed by atoms with Gasteiger partial charge in [0, 0.05) is 5.92 Å². The second-order valence-corrected chi connectivity index (χ2v) is 9.26. The predicted molar refractivity (Wildman–Crippen MR) is 102 cm³/mol. The Hall–Kier alpha value is -1.29. The molecule has 1 aromatic carbocycles. The van der Waals surface area contributed by atoms with Gasteiger partial charge >= 0.3 is 0 Å². The SMILES string of the molecule is C=CCOC1OC(COS(=O)(=O)c2ccc(C)cc2)C2OC(C)(C)OC2C1C. The molecule has 28 heavy (non-hydrogen) atoms. The van der Waals surface area contributed by atoms with E-state index >= 15 is 0 Å². The van der Waals surface area contributed by atoms with Gasteiger partial charge in [-0.25, -0.2) is 0 Å². The maximum atomic E-state index is 12.5. The van der Waals surface area contributed by atoms with Gasteiger partial charge in [0.05, 0.1) is 24.2 Å². The number of hydrogen-bond acceptors (Lipinski definition) is 7. The van der Waals surface area contributed by atoms with Crippen molar-refractivity contribution in [3.8, 4) is 0 Å². The summed E-state index contributed by atoms with van der Waals surface area (Å²) in [6.45, 7) is 11.2. The van der Waals surface area contributed by atoms with Crippen molar-refractivity contribution in [1.29, 1.82) is 0 Å². The molecule has 0 aromatic heterocycles. The van der Waals surface area contributed by atoms with Crippen LogP contribution in [0.25, 0.3) is 0 Å². The molecule has 2 saturated heterocycles. The fraction of sp³-hybridized carbons (Fsp3) is 0.600. The van der Waals surface area contributed by atoms with Crippen LogP contribution in [0, 0.1) is 12.8 Å². The second kappa shape index (κ2) is 8.22. The average molecular weight is 413 g/mol. The summed E-state index contributed by atoms with van der Waals surface area (Å²) in [4.78, 5) is 0.0993. The summed E-state index contributed by atoms with van der Waals surface area (Å²) in [5, 5.41) is 0. The van der Waals surface area contributed by atoms with Crippen LogP contribution in [-0.2, 0) is 33.2 Å². The molecule has 0 radical (unpaired) electrons. The fourth-order valence-corrected chi connectivity index (χ4v) is 4.38. The van der Waals surface area contributed by atoms with Crippen LogP contribution in [0.5, 0.6) is 0 Å². The maximum Gasteiger partial charge on any atom is 0.297 e. The molecule has 0 N–H and O–H groups in total. The Kier molecular flexibility index (Phi) is 6.29. The van der Waals surface area contributed by atoms with Gasteiger partial charge in [0.15, 0.2) is 12.1 Å². The highest BCUT2D eigenvalue weighted by atomic mass is 32.2. The van der Waals surface area contributed by atoms with Crippen LogP contribution >= 0.6 is 0 Å². The standard InChI is InChI=1S/C20H28O7S/c1-6-11-23-19-14(3)17-18(27-20(4,5)26-17)16(25-19)12-24-28(21,22)15-9-7-13(2)8-10-15/h6-10,14,16-19H,1,11-12H2,2-5H3. The monoisotopic (exact) mass is 412 g/mol. The molecule has 5 unspecified atom stereocenters. The first-order valence-corrected chi connectivity index (χ1v) is 10.7. The zero-order valence-corrected chi connectivity index (χ0v) is 17.5. The second-order valence-electron chi connectivity index (χ2n) is 7.64. The molecule has 2 heterocycles. The Balaban J connectivity index is 1.75. The lowest BCUT2D eigenvalue weighted by Gasteiger charge is -2.40. The van der Waals surface area contributed by atoms with Crippen LogP contribution < -0.4 is 0 Å². The lowest BCUT2D eigenvalue weighted by atomic mass is 9.92. The number of benzene rings is 1. The third kappa shape index (κ3) is 4.64. The zero-order valence-electron chi connectivity index (χ0n) is 16.7. The molecular formula is C20H28O7S. The van der Waals surface area contributed by atoms with Crippen molar-refractivity contribution in [3.05, 3.63) is 42.5 Å². The first-order chi connectivity index (χ1) is 13.1. The summed E-state index contributed by atoms with van der Waals surface area (Å²) < 4.78 is 54.0. The molecule has 1 aromatic rings. The van der Waals surface area contributed by atoms with E-state index in [4.69, 9.17) is 23.1 Å². The lowest BCUT2D eigenvalue weighted by Crippen LogP contribution is -2.54. The molecule has 2 fully saturated rings. The molecule has 0 aliphatic carbocycles. The number of aryl methyl sites for hydroxylation is 1. The summed E-state index contributed by atoms with van der Waals surface area (Å²) in [5.41, 5.74) is 0.965. The van der Waals surface area contributed by atoms with E-state index < -0.39 is 34.4 Å². The van der Waals surface area contributed by atoms with Gasteiger partial charge in [-0.3, -0.25) is 4.18 Å². The molecule has 3 rings (SSSR count). The van der Waals surface area contributed by atoms with Crippen molar-refractivity contribution >= 4 is 10.1 Å². The Labute approximate surface area is 166 Å². The Morgan fingerprint density at radius 1 is 1.18 bits per heavy atom. The van der Waals surface area contributed by atoms with Crippen LogP contribution in [0.15, 0.2) is 41.8 Å². The van der Waals surface area contributed by atoms with Gasteiger partial charge in [0.2, 0.25) is 0 Å². The van der Waals surface area contributed by atoms with Crippen LogP contribution in [0.2, 0.25) is 0 Å². The summed E-state index contributed by atoms with van der Waals surface area (Å²) in [6.07, 6.45) is -0.354. The van der Waals surface area contributed by atoms with Gasteiger partial charge in [-0.05, 0) is 32.9 Å². The fourth-order valence-electron chi connectivity index (χ4n) is 3.46. The molecule has 0 saturated carbocycles. The summed E-state index contributed by atoms with van der Waals surface area (Å²) >= 11 is 0. The minimum atomic E-state index is -3.92. The molecule has 2 aliphatic rings. The number of rotatable bonds is 7. The van der Waals surface area contributed by atoms with E-state index in [1.807, 2.05) is 27.7 Å². The predicted octanol–water partition coefficient (Wildman–Crippen LogP) is 2.78. The molecule has 156 valence electrons. The smallest absolute Gasteiger partial charge is 0.297 e. The minimum absolute atomic E-state index is 0.0993. The van der Waals surface area contributed by atoms with Crippen molar-refractivity contribution in [2.24, 2.45) is 5.92 Å². The van der Waals surface area contributed by atoms with Crippen LogP contribution in [-0.4, -0.2) is 52.0 Å². The zero-order chi connectivity index (χ0) is 20.5. The normalized spacial score (nSPS) is 32.1. The first kappa shape index (κ1) is 21.4. The van der Waals surface area contributed by atoms with E-state index in [0.717, 1.165) is 5.56 Å². The molecular weight excluding hydrogens is 384 g/mol. The van der Waals surface area contributed by atoms with E-state index in [-0.39, 0.29) is 23.5 Å². The Morgan fingerprint density at radius 3 is 2.46 bits per heavy atom. The van der Waals surface area contributed by atoms with Crippen LogP contribution in [0.4, 0.5) is 0 Å². The molecule has 8 heteroatoms. The molecule has 0 amide bonds. The van der Waals surface area contributed by atoms with E-state index in [9.17, 15) is 8.42 Å². The lowest BCUT2D eigenvalue weighted by molar-refractivity contribution is -0.257. The highest BCUT2D eigenvalue weighted by Gasteiger charge is 2.54. The van der Waals surface area contributed by atoms with Crippen molar-refractivity contribution in [1.82, 2.24) is 0 Å². The van der Waals surface area contributed by atoms with Gasteiger partial charge in [0.25, 0.3) is 10.1 Å². The van der Waals surface area contributed by atoms with Crippen molar-refractivity contribution < 1.29 is 31.5 Å². The number of fused-ring (bicyclic) bond motifs is 1. The third-order valence-corrected chi connectivity index (χ3v) is 6.16. The largest absolute Gasteiger partial charge is 0.348 e. The van der Waals surface area contributed by atoms with Gasteiger partial charge in [-0.2, -0.15) is 8.42 Å². The van der Waals surface area contributed by atoms with E-state index in [1.54, 1.807) is 18.2 Å². The van der Waals surface area contributed by atoms with Crippen molar-refractivity contribution in [2.45, 2.75) is 63.0 Å². The van der Waals surface area contributed by atoms with Gasteiger partial charge in [-0.1, -0.05) is 30.7 Å². The van der Waals surface area contributed by atoms with E-state index in [0.29, 0.717) is 6.61 Å². The molecule has 2 aliphatic heterocycles. The molecule has 5 atom stereocenters. The maximum absolute atomic E-state index is 12.5. The van der Waals surface area contributed by atoms with Gasteiger partial charge < -0.3 is 18.9 Å². The highest BCUT2D eigenvalue weighted by molar-refractivity contribution is 7.86. The quantitative estimate of drug-likeness (QED) is 0.503. The van der Waals surface area contributed by atoms with E-state index in [1.165, 1.54) is 12.1 Å². The minimum Gasteiger partial charge on any atom is -0.348 e. The van der Waals surface area contributed by atoms with E-state index in [2.05, 4.69) is 6.58 Å². The molecule has 0 spiro atoms. The number of hydrogen-bond donors (Lipinski definition) is 0. The highest BCUT2D eigenvalue weighted by Crippen LogP contribution is 2.40. The summed E-state index contributed by atoms with van der Waals surface area (Å²) in [6, 6.07) is 6.48. The van der Waals surface area contributed by atoms with Gasteiger partial charge in [-0.15, -0.1) is 6.58 Å². The molecule has 0 bridgehead atoms. The summed E-state index contributed by atoms with van der Waals surface area (Å²) in [5.74, 6) is -0.898.